The van der Waals surface area contributed by atoms with Crippen molar-refractivity contribution in [3.8, 4) is 5.75 Å². The summed E-state index contributed by atoms with van der Waals surface area (Å²) in [6.07, 6.45) is 4.85. The summed E-state index contributed by atoms with van der Waals surface area (Å²) in [7, 11) is 0. The molecule has 1 saturated carbocycles. The molecule has 7 nitrogen and oxygen atoms in total. The summed E-state index contributed by atoms with van der Waals surface area (Å²) < 4.78 is 25.6. The molecule has 1 saturated heterocycles. The third-order valence-electron chi connectivity index (χ3n) is 5.83. The van der Waals surface area contributed by atoms with Gasteiger partial charge in [0.2, 0.25) is 5.91 Å². The number of fused-ring (bicyclic) bond motifs is 1. The number of aromatic amines is 1. The number of carbonyl (C=O) groups excluding carboxylic acids is 1. The SMILES string of the molecule is CC(=O)N[C@H]1CC[C@H](SCc2nc3cc(OCC4CCOC4)cc(F)c3c(=O)[nH]2)CC1. The molecular weight excluding hydrogens is 421 g/mol. The molecule has 1 aromatic carbocycles. The van der Waals surface area contributed by atoms with Crippen LogP contribution in [0.4, 0.5) is 4.39 Å². The highest BCUT2D eigenvalue weighted by atomic mass is 32.2. The first-order valence-corrected chi connectivity index (χ1v) is 11.8. The first-order chi connectivity index (χ1) is 15.0. The number of H-pyrrole nitrogens is 1. The number of amides is 1. The Morgan fingerprint density at radius 3 is 2.84 bits per heavy atom. The maximum Gasteiger partial charge on any atom is 0.261 e. The Morgan fingerprint density at radius 1 is 1.32 bits per heavy atom. The van der Waals surface area contributed by atoms with E-state index in [0.29, 0.717) is 47.2 Å². The second kappa shape index (κ2) is 9.99. The van der Waals surface area contributed by atoms with Crippen LogP contribution in [0.25, 0.3) is 10.9 Å². The van der Waals surface area contributed by atoms with E-state index < -0.39 is 11.4 Å². The van der Waals surface area contributed by atoms with Crippen molar-refractivity contribution in [2.75, 3.05) is 19.8 Å². The second-order valence-electron chi connectivity index (χ2n) is 8.34. The highest BCUT2D eigenvalue weighted by molar-refractivity contribution is 7.99. The highest BCUT2D eigenvalue weighted by Gasteiger charge is 2.22. The van der Waals surface area contributed by atoms with E-state index in [0.717, 1.165) is 38.7 Å². The lowest BCUT2D eigenvalue weighted by Gasteiger charge is -2.28. The number of rotatable bonds is 7. The maximum absolute atomic E-state index is 14.5. The van der Waals surface area contributed by atoms with Crippen LogP contribution in [-0.2, 0) is 15.3 Å². The van der Waals surface area contributed by atoms with Gasteiger partial charge in [0, 0.05) is 42.9 Å². The Labute approximate surface area is 184 Å². The Morgan fingerprint density at radius 2 is 2.13 bits per heavy atom. The van der Waals surface area contributed by atoms with E-state index in [9.17, 15) is 14.0 Å². The summed E-state index contributed by atoms with van der Waals surface area (Å²) in [5, 5.41) is 3.39. The van der Waals surface area contributed by atoms with E-state index in [4.69, 9.17) is 9.47 Å². The van der Waals surface area contributed by atoms with Gasteiger partial charge in [-0.25, -0.2) is 9.37 Å². The monoisotopic (exact) mass is 449 g/mol. The van der Waals surface area contributed by atoms with Crippen molar-refractivity contribution in [1.82, 2.24) is 15.3 Å². The normalized spacial score (nSPS) is 23.7. The molecule has 1 atom stereocenters. The van der Waals surface area contributed by atoms with Crippen molar-refractivity contribution >= 4 is 28.6 Å². The van der Waals surface area contributed by atoms with Crippen molar-refractivity contribution in [2.24, 2.45) is 5.92 Å². The zero-order chi connectivity index (χ0) is 21.8. The Balaban J connectivity index is 1.40. The zero-order valence-corrected chi connectivity index (χ0v) is 18.4. The van der Waals surface area contributed by atoms with Gasteiger partial charge in [0.15, 0.2) is 0 Å². The summed E-state index contributed by atoms with van der Waals surface area (Å²) in [5.74, 6) is 1.16. The number of ether oxygens (including phenoxy) is 2. The Kier molecular flexibility index (Phi) is 7.12. The van der Waals surface area contributed by atoms with Crippen molar-refractivity contribution in [1.29, 1.82) is 0 Å². The number of nitrogens with one attached hydrogen (secondary N) is 2. The molecule has 1 unspecified atom stereocenters. The number of nitrogens with zero attached hydrogens (tertiary/aromatic N) is 1. The molecule has 31 heavy (non-hydrogen) atoms. The summed E-state index contributed by atoms with van der Waals surface area (Å²) in [5.41, 5.74) is -0.158. The summed E-state index contributed by atoms with van der Waals surface area (Å²) in [6, 6.07) is 3.14. The van der Waals surface area contributed by atoms with E-state index in [1.165, 1.54) is 6.07 Å². The number of carbonyl (C=O) groups is 1. The molecule has 2 heterocycles. The zero-order valence-electron chi connectivity index (χ0n) is 17.6. The molecule has 2 fully saturated rings. The molecule has 0 bridgehead atoms. The van der Waals surface area contributed by atoms with E-state index in [-0.39, 0.29) is 17.3 Å². The average Bonchev–Trinajstić information content (AvgIpc) is 3.24. The third kappa shape index (κ3) is 5.77. The minimum absolute atomic E-state index is 0.0150. The number of aromatic nitrogens is 2. The van der Waals surface area contributed by atoms with Crippen LogP contribution in [0, 0.1) is 11.7 Å². The average molecular weight is 450 g/mol. The van der Waals surface area contributed by atoms with Crippen molar-refractivity contribution in [3.63, 3.8) is 0 Å². The van der Waals surface area contributed by atoms with Crippen LogP contribution in [0.15, 0.2) is 16.9 Å². The molecule has 1 amide bonds. The summed E-state index contributed by atoms with van der Waals surface area (Å²) in [6.45, 7) is 3.39. The highest BCUT2D eigenvalue weighted by Crippen LogP contribution is 2.30. The molecule has 0 spiro atoms. The van der Waals surface area contributed by atoms with Gasteiger partial charge >= 0.3 is 0 Å². The van der Waals surface area contributed by atoms with Gasteiger partial charge in [-0.3, -0.25) is 9.59 Å². The van der Waals surface area contributed by atoms with Crippen LogP contribution < -0.4 is 15.6 Å². The predicted octanol–water partition coefficient (Wildman–Crippen LogP) is 3.16. The van der Waals surface area contributed by atoms with Gasteiger partial charge in [-0.15, -0.1) is 0 Å². The lowest BCUT2D eigenvalue weighted by atomic mass is 9.95. The molecule has 168 valence electrons. The van der Waals surface area contributed by atoms with Gasteiger partial charge < -0.3 is 19.8 Å². The fraction of sp³-hybridized carbons (Fsp3) is 0.591. The molecular formula is C22H28FN3O4S. The molecule has 1 aromatic heterocycles. The lowest BCUT2D eigenvalue weighted by molar-refractivity contribution is -0.119. The van der Waals surface area contributed by atoms with E-state index in [2.05, 4.69) is 15.3 Å². The quantitative estimate of drug-likeness (QED) is 0.675. The van der Waals surface area contributed by atoms with Gasteiger partial charge in [0.1, 0.15) is 22.8 Å². The molecule has 1 aliphatic heterocycles. The molecule has 1 aliphatic carbocycles. The number of thioether (sulfide) groups is 1. The Bertz CT molecular complexity index is 985. The van der Waals surface area contributed by atoms with Gasteiger partial charge in [-0.1, -0.05) is 0 Å². The molecule has 2 N–H and O–H groups in total. The molecule has 2 aromatic rings. The maximum atomic E-state index is 14.5. The van der Waals surface area contributed by atoms with Crippen molar-refractivity contribution in [3.05, 3.63) is 34.1 Å². The third-order valence-corrected chi connectivity index (χ3v) is 7.21. The molecule has 0 radical (unpaired) electrons. The molecule has 9 heteroatoms. The minimum Gasteiger partial charge on any atom is -0.493 e. The number of halogens is 1. The Hall–Kier alpha value is -2.13. The van der Waals surface area contributed by atoms with Crippen LogP contribution in [-0.4, -0.2) is 47.0 Å². The topological polar surface area (TPSA) is 93.3 Å². The first-order valence-electron chi connectivity index (χ1n) is 10.8. The van der Waals surface area contributed by atoms with Gasteiger partial charge in [-0.05, 0) is 32.1 Å². The number of hydrogen-bond donors (Lipinski definition) is 2. The minimum atomic E-state index is -0.626. The summed E-state index contributed by atoms with van der Waals surface area (Å²) >= 11 is 1.74. The standard InChI is InChI=1S/C22H28FN3O4S/c1-13(27)24-15-2-4-17(5-3-15)31-12-20-25-19-9-16(30-11-14-6-7-29-10-14)8-18(23)21(19)22(28)26-20/h8-9,14-15,17H,2-7,10-12H2,1H3,(H,24,27)(H,25,26,28)/t14?,15-,17-. The van der Waals surface area contributed by atoms with Gasteiger partial charge in [0.05, 0.1) is 24.5 Å². The largest absolute Gasteiger partial charge is 0.493 e. The lowest BCUT2D eigenvalue weighted by Crippen LogP contribution is -2.36. The summed E-state index contributed by atoms with van der Waals surface area (Å²) in [4.78, 5) is 30.9. The van der Waals surface area contributed by atoms with Crippen LogP contribution in [0.3, 0.4) is 0 Å². The number of benzene rings is 1. The van der Waals surface area contributed by atoms with Crippen LogP contribution >= 0.6 is 11.8 Å². The molecule has 4 rings (SSSR count). The fourth-order valence-electron chi connectivity index (χ4n) is 4.19. The van der Waals surface area contributed by atoms with E-state index in [1.54, 1.807) is 24.8 Å². The van der Waals surface area contributed by atoms with E-state index in [1.807, 2.05) is 0 Å². The second-order valence-corrected chi connectivity index (χ2v) is 9.63. The number of hydrogen-bond acceptors (Lipinski definition) is 6. The first kappa shape index (κ1) is 22.1. The van der Waals surface area contributed by atoms with Gasteiger partial charge in [-0.2, -0.15) is 11.8 Å². The smallest absolute Gasteiger partial charge is 0.261 e. The van der Waals surface area contributed by atoms with Crippen molar-refractivity contribution in [2.45, 2.75) is 56.1 Å². The van der Waals surface area contributed by atoms with Crippen LogP contribution in [0.1, 0.15) is 44.9 Å². The van der Waals surface area contributed by atoms with Gasteiger partial charge in [0.25, 0.3) is 5.56 Å². The molecule has 2 aliphatic rings. The van der Waals surface area contributed by atoms with Crippen LogP contribution in [0.2, 0.25) is 0 Å². The fourth-order valence-corrected chi connectivity index (χ4v) is 5.32. The van der Waals surface area contributed by atoms with Crippen LogP contribution in [0.5, 0.6) is 5.75 Å². The van der Waals surface area contributed by atoms with E-state index >= 15 is 0 Å². The predicted molar refractivity (Wildman–Crippen MR) is 118 cm³/mol. The van der Waals surface area contributed by atoms with Crippen molar-refractivity contribution < 1.29 is 18.7 Å².